The topological polar surface area (TPSA) is 103 Å². The number of rotatable bonds is 5. The number of esters is 1. The van der Waals surface area contributed by atoms with Gasteiger partial charge < -0.3 is 19.0 Å². The Morgan fingerprint density at radius 2 is 2.04 bits per heavy atom. The molecule has 0 aliphatic rings. The number of aromatic nitrogens is 1. The van der Waals surface area contributed by atoms with E-state index < -0.39 is 24.5 Å². The molecule has 8 nitrogen and oxygen atoms in total. The fourth-order valence-corrected chi connectivity index (χ4v) is 2.24. The van der Waals surface area contributed by atoms with Crippen molar-refractivity contribution in [3.8, 4) is 0 Å². The highest BCUT2D eigenvalue weighted by Crippen LogP contribution is 2.18. The first-order valence-corrected chi connectivity index (χ1v) is 7.30. The molecule has 0 saturated carbocycles. The number of hydrogen-bond donors (Lipinski definition) is 2. The fraction of sp³-hybridized carbons (Fsp3) is 0.312. The Labute approximate surface area is 138 Å². The molecule has 0 saturated heterocycles. The van der Waals surface area contributed by atoms with E-state index in [9.17, 15) is 14.4 Å². The lowest BCUT2D eigenvalue weighted by Crippen LogP contribution is -2.39. The molecule has 0 spiro atoms. The number of nitrogens with one attached hydrogen (secondary N) is 2. The number of carbonyl (C=O) groups is 3. The number of carbonyl (C=O) groups excluding carboxylic acids is 3. The Morgan fingerprint density at radius 3 is 2.67 bits per heavy atom. The van der Waals surface area contributed by atoms with Crippen molar-refractivity contribution in [2.45, 2.75) is 20.4 Å². The minimum absolute atomic E-state index is 0.367. The molecule has 2 rings (SSSR count). The number of hydrogen-bond acceptors (Lipinski definition) is 5. The normalized spacial score (nSPS) is 10.3. The molecule has 128 valence electrons. The quantitative estimate of drug-likeness (QED) is 0.804. The van der Waals surface area contributed by atoms with Crippen molar-refractivity contribution in [2.75, 3.05) is 13.7 Å². The second-order valence-electron chi connectivity index (χ2n) is 5.15. The van der Waals surface area contributed by atoms with E-state index in [2.05, 4.69) is 5.32 Å². The van der Waals surface area contributed by atoms with Crippen LogP contribution in [0.15, 0.2) is 28.9 Å². The van der Waals surface area contributed by atoms with Crippen LogP contribution in [-0.4, -0.2) is 36.1 Å². The summed E-state index contributed by atoms with van der Waals surface area (Å²) in [6.45, 7) is 3.62. The van der Waals surface area contributed by atoms with Crippen molar-refractivity contribution in [3.63, 3.8) is 0 Å². The highest BCUT2D eigenvalue weighted by Gasteiger charge is 2.19. The Hall–Kier alpha value is -3.03. The van der Waals surface area contributed by atoms with E-state index in [1.807, 2.05) is 22.9 Å². The monoisotopic (exact) mass is 333 g/mol. The summed E-state index contributed by atoms with van der Waals surface area (Å²) in [5.41, 5.74) is 1.94. The molecule has 0 fully saturated rings. The smallest absolute Gasteiger partial charge is 0.340 e. The average Bonchev–Trinajstić information content (AvgIpc) is 3.16. The predicted octanol–water partition coefficient (Wildman–Crippen LogP) is 1.36. The van der Waals surface area contributed by atoms with Crippen LogP contribution in [0, 0.1) is 13.8 Å². The number of ether oxygens (including phenoxy) is 1. The zero-order chi connectivity index (χ0) is 17.7. The van der Waals surface area contributed by atoms with Crippen LogP contribution in [0.1, 0.15) is 27.5 Å². The van der Waals surface area contributed by atoms with Gasteiger partial charge in [-0.1, -0.05) is 0 Å². The van der Waals surface area contributed by atoms with Gasteiger partial charge in [0.1, 0.15) is 5.76 Å². The molecular weight excluding hydrogens is 314 g/mol. The molecule has 0 bridgehead atoms. The van der Waals surface area contributed by atoms with Gasteiger partial charge in [-0.25, -0.2) is 9.59 Å². The minimum atomic E-state index is -0.702. The van der Waals surface area contributed by atoms with Crippen LogP contribution in [0.3, 0.4) is 0 Å². The molecule has 2 aromatic rings. The zero-order valence-corrected chi connectivity index (χ0v) is 13.7. The molecular formula is C16H19N3O5. The lowest BCUT2D eigenvalue weighted by molar-refractivity contribution is -0.123. The molecule has 2 aromatic heterocycles. The minimum Gasteiger partial charge on any atom is -0.467 e. The number of furan rings is 1. The van der Waals surface area contributed by atoms with Crippen LogP contribution in [0.25, 0.3) is 0 Å². The lowest BCUT2D eigenvalue weighted by Gasteiger charge is -2.08. The van der Waals surface area contributed by atoms with Crippen molar-refractivity contribution in [1.82, 2.24) is 15.2 Å². The van der Waals surface area contributed by atoms with E-state index in [0.717, 1.165) is 11.5 Å². The Bertz CT molecular complexity index is 746. The van der Waals surface area contributed by atoms with Crippen molar-refractivity contribution >= 4 is 17.9 Å². The average molecular weight is 333 g/mol. The molecule has 0 unspecified atom stereocenters. The summed E-state index contributed by atoms with van der Waals surface area (Å²) in [6.07, 6.45) is 1.59. The van der Waals surface area contributed by atoms with E-state index in [4.69, 9.17) is 9.15 Å². The van der Waals surface area contributed by atoms with Gasteiger partial charge in [-0.2, -0.15) is 0 Å². The third kappa shape index (κ3) is 4.03. The Balaban J connectivity index is 2.02. The number of aryl methyl sites for hydroxylation is 1. The van der Waals surface area contributed by atoms with Crippen LogP contribution in [0.2, 0.25) is 0 Å². The van der Waals surface area contributed by atoms with Crippen molar-refractivity contribution in [1.29, 1.82) is 0 Å². The summed E-state index contributed by atoms with van der Waals surface area (Å²) in [5, 5.41) is 4.25. The second kappa shape index (κ2) is 7.49. The Morgan fingerprint density at radius 1 is 1.29 bits per heavy atom. The molecule has 0 aliphatic heterocycles. The van der Waals surface area contributed by atoms with E-state index in [1.165, 1.54) is 7.05 Å². The highest BCUT2D eigenvalue weighted by atomic mass is 16.5. The van der Waals surface area contributed by atoms with Gasteiger partial charge in [0, 0.05) is 18.4 Å². The maximum atomic E-state index is 12.2. The van der Waals surface area contributed by atoms with Gasteiger partial charge in [-0.3, -0.25) is 10.1 Å². The van der Waals surface area contributed by atoms with E-state index >= 15 is 0 Å². The van der Waals surface area contributed by atoms with Gasteiger partial charge in [-0.05, 0) is 32.0 Å². The molecule has 0 aliphatic carbocycles. The van der Waals surface area contributed by atoms with Crippen LogP contribution < -0.4 is 10.6 Å². The van der Waals surface area contributed by atoms with Crippen LogP contribution in [0.4, 0.5) is 4.79 Å². The molecule has 24 heavy (non-hydrogen) atoms. The van der Waals surface area contributed by atoms with E-state index in [-0.39, 0.29) is 0 Å². The third-order valence-corrected chi connectivity index (χ3v) is 3.50. The maximum Gasteiger partial charge on any atom is 0.340 e. The molecule has 8 heteroatoms. The first-order chi connectivity index (χ1) is 11.4. The SMILES string of the molecule is CNC(=O)NC(=O)COC(=O)c1cc(C)n(Cc2ccco2)c1C. The summed E-state index contributed by atoms with van der Waals surface area (Å²) >= 11 is 0. The summed E-state index contributed by atoms with van der Waals surface area (Å²) in [6, 6.07) is 4.67. The van der Waals surface area contributed by atoms with Gasteiger partial charge in [0.2, 0.25) is 0 Å². The summed E-state index contributed by atoms with van der Waals surface area (Å²) in [5.74, 6) is -0.561. The molecule has 3 amide bonds. The molecule has 2 N–H and O–H groups in total. The summed E-state index contributed by atoms with van der Waals surface area (Å²) in [7, 11) is 1.38. The first kappa shape index (κ1) is 17.3. The Kier molecular flexibility index (Phi) is 5.41. The molecule has 0 atom stereocenters. The fourth-order valence-electron chi connectivity index (χ4n) is 2.24. The van der Waals surface area contributed by atoms with Crippen LogP contribution in [0.5, 0.6) is 0 Å². The molecule has 2 heterocycles. The standard InChI is InChI=1S/C16H19N3O5/c1-10-7-13(11(2)19(10)8-12-5-4-6-23-12)15(21)24-9-14(20)18-16(22)17-3/h4-7H,8-9H2,1-3H3,(H2,17,18,20,22). The van der Waals surface area contributed by atoms with Crippen molar-refractivity contribution in [3.05, 3.63) is 47.2 Å². The number of amides is 3. The van der Waals surface area contributed by atoms with Gasteiger partial charge in [0.25, 0.3) is 5.91 Å². The molecule has 0 aromatic carbocycles. The zero-order valence-electron chi connectivity index (χ0n) is 13.7. The van der Waals surface area contributed by atoms with Gasteiger partial charge in [0.05, 0.1) is 18.4 Å². The van der Waals surface area contributed by atoms with Gasteiger partial charge in [-0.15, -0.1) is 0 Å². The first-order valence-electron chi connectivity index (χ1n) is 7.30. The number of imide groups is 1. The number of nitrogens with zero attached hydrogens (tertiary/aromatic N) is 1. The lowest BCUT2D eigenvalue weighted by atomic mass is 10.2. The van der Waals surface area contributed by atoms with Crippen LogP contribution >= 0.6 is 0 Å². The second-order valence-corrected chi connectivity index (χ2v) is 5.15. The number of urea groups is 1. The van der Waals surface area contributed by atoms with Crippen molar-refractivity contribution in [2.24, 2.45) is 0 Å². The summed E-state index contributed by atoms with van der Waals surface area (Å²) < 4.78 is 12.2. The van der Waals surface area contributed by atoms with Crippen molar-refractivity contribution < 1.29 is 23.5 Å². The highest BCUT2D eigenvalue weighted by molar-refractivity contribution is 5.97. The maximum absolute atomic E-state index is 12.2. The third-order valence-electron chi connectivity index (χ3n) is 3.50. The molecule has 0 radical (unpaired) electrons. The van der Waals surface area contributed by atoms with E-state index in [1.54, 1.807) is 25.3 Å². The largest absolute Gasteiger partial charge is 0.467 e. The van der Waals surface area contributed by atoms with E-state index in [0.29, 0.717) is 17.8 Å². The predicted molar refractivity (Wildman–Crippen MR) is 84.6 cm³/mol. The van der Waals surface area contributed by atoms with Gasteiger partial charge in [0.15, 0.2) is 6.61 Å². The summed E-state index contributed by atoms with van der Waals surface area (Å²) in [4.78, 5) is 34.6. The van der Waals surface area contributed by atoms with Gasteiger partial charge >= 0.3 is 12.0 Å². The van der Waals surface area contributed by atoms with Crippen LogP contribution in [-0.2, 0) is 16.1 Å².